The molecule has 3 aliphatic rings. The van der Waals surface area contributed by atoms with Gasteiger partial charge in [0, 0.05) is 11.1 Å². The molecule has 3 heterocycles. The second-order valence-corrected chi connectivity index (χ2v) is 8.33. The lowest BCUT2D eigenvalue weighted by Crippen LogP contribution is -2.70. The molecule has 1 aliphatic carbocycles. The van der Waals surface area contributed by atoms with Crippen molar-refractivity contribution in [1.82, 2.24) is 15.2 Å². The summed E-state index contributed by atoms with van der Waals surface area (Å²) in [6, 6.07) is -0.882. The van der Waals surface area contributed by atoms with Crippen LogP contribution in [0.4, 0.5) is 5.13 Å². The average Bonchev–Trinajstić information content (AvgIpc) is 3.43. The maximum absolute atomic E-state index is 12.8. The molecule has 2 aliphatic heterocycles. The summed E-state index contributed by atoms with van der Waals surface area (Å²) < 4.78 is 0. The van der Waals surface area contributed by atoms with E-state index in [1.807, 2.05) is 0 Å². The maximum atomic E-state index is 12.8. The number of carboxylic acid groups (broad SMARTS) is 1. The zero-order valence-corrected chi connectivity index (χ0v) is 16.4. The molecule has 1 aromatic heterocycles. The van der Waals surface area contributed by atoms with E-state index < -0.39 is 29.2 Å². The lowest BCUT2D eigenvalue weighted by Gasteiger charge is -2.48. The number of anilines is 1. The normalized spacial score (nSPS) is 23.4. The van der Waals surface area contributed by atoms with Crippen molar-refractivity contribution in [2.24, 2.45) is 5.16 Å². The molecule has 11 nitrogen and oxygen atoms in total. The fraction of sp³-hybridized carbons (Fsp3) is 0.375. The topological polar surface area (TPSA) is 150 Å². The summed E-state index contributed by atoms with van der Waals surface area (Å²) >= 11 is 2.46. The highest BCUT2D eigenvalue weighted by atomic mass is 32.2. The van der Waals surface area contributed by atoms with Crippen LogP contribution in [0, 0.1) is 0 Å². The number of aromatic nitrogens is 1. The van der Waals surface area contributed by atoms with Crippen molar-refractivity contribution >= 4 is 58.1 Å². The van der Waals surface area contributed by atoms with Crippen LogP contribution in [0.3, 0.4) is 0 Å². The molecule has 29 heavy (non-hydrogen) atoms. The zero-order valence-electron chi connectivity index (χ0n) is 14.7. The Bertz CT molecular complexity index is 940. The van der Waals surface area contributed by atoms with Gasteiger partial charge in [-0.05, 0) is 18.9 Å². The van der Waals surface area contributed by atoms with Gasteiger partial charge in [-0.25, -0.2) is 9.78 Å². The molecule has 3 amide bonds. The van der Waals surface area contributed by atoms with Crippen LogP contribution in [-0.4, -0.2) is 68.2 Å². The first-order chi connectivity index (χ1) is 14.0. The molecule has 152 valence electrons. The number of carboxylic acids is 1. The molecule has 2 atom stereocenters. The van der Waals surface area contributed by atoms with Crippen LogP contribution >= 0.6 is 23.1 Å². The third-order valence-electron chi connectivity index (χ3n) is 4.31. The summed E-state index contributed by atoms with van der Waals surface area (Å²) in [4.78, 5) is 57.7. The number of hydrogen-bond donors (Lipinski definition) is 3. The maximum Gasteiger partial charge on any atom is 0.352 e. The number of amides is 3. The molecule has 1 saturated carbocycles. The first-order valence-electron chi connectivity index (χ1n) is 8.58. The second kappa shape index (κ2) is 7.83. The van der Waals surface area contributed by atoms with Gasteiger partial charge in [-0.1, -0.05) is 5.16 Å². The van der Waals surface area contributed by atoms with Gasteiger partial charge in [0.2, 0.25) is 6.41 Å². The first-order valence-corrected chi connectivity index (χ1v) is 10.5. The van der Waals surface area contributed by atoms with Crippen LogP contribution in [0.5, 0.6) is 0 Å². The van der Waals surface area contributed by atoms with Gasteiger partial charge in [-0.3, -0.25) is 19.3 Å². The van der Waals surface area contributed by atoms with Crippen LogP contribution in [0.15, 0.2) is 22.3 Å². The first kappa shape index (κ1) is 19.4. The molecule has 3 N–H and O–H groups in total. The number of hydrogen-bond acceptors (Lipinski definition) is 9. The van der Waals surface area contributed by atoms with Crippen molar-refractivity contribution in [3.05, 3.63) is 22.8 Å². The van der Waals surface area contributed by atoms with Crippen LogP contribution in [0.25, 0.3) is 0 Å². The van der Waals surface area contributed by atoms with Gasteiger partial charge in [0.05, 0.1) is 0 Å². The summed E-state index contributed by atoms with van der Waals surface area (Å²) in [5.41, 5.74) is -0.00371. The van der Waals surface area contributed by atoms with E-state index in [2.05, 4.69) is 20.8 Å². The third kappa shape index (κ3) is 3.82. The van der Waals surface area contributed by atoms with Gasteiger partial charge >= 0.3 is 5.97 Å². The Hall–Kier alpha value is -2.93. The molecule has 13 heteroatoms. The Morgan fingerprint density at radius 1 is 1.41 bits per heavy atom. The molecule has 0 spiro atoms. The fourth-order valence-corrected chi connectivity index (χ4v) is 4.60. The minimum atomic E-state index is -1.19. The van der Waals surface area contributed by atoms with E-state index in [1.54, 1.807) is 0 Å². The van der Waals surface area contributed by atoms with Crippen LogP contribution in [0.2, 0.25) is 0 Å². The lowest BCUT2D eigenvalue weighted by molar-refractivity contribution is -0.150. The monoisotopic (exact) mass is 437 g/mol. The molecule has 0 radical (unpaired) electrons. The highest BCUT2D eigenvalue weighted by Gasteiger charge is 2.53. The largest absolute Gasteiger partial charge is 0.477 e. The van der Waals surface area contributed by atoms with Gasteiger partial charge in [-0.15, -0.1) is 23.1 Å². The predicted molar refractivity (Wildman–Crippen MR) is 103 cm³/mol. The molecule has 0 bridgehead atoms. The Morgan fingerprint density at radius 2 is 2.21 bits per heavy atom. The summed E-state index contributed by atoms with van der Waals surface area (Å²) in [6.45, 7) is 0. The minimum Gasteiger partial charge on any atom is -0.477 e. The molecule has 1 saturated heterocycles. The summed E-state index contributed by atoms with van der Waals surface area (Å²) in [7, 11) is 0. The molecule has 2 fully saturated rings. The smallest absolute Gasteiger partial charge is 0.352 e. The van der Waals surface area contributed by atoms with E-state index in [9.17, 15) is 24.3 Å². The number of nitrogens with zero attached hydrogens (tertiary/aromatic N) is 3. The van der Waals surface area contributed by atoms with Crippen LogP contribution < -0.4 is 10.6 Å². The summed E-state index contributed by atoms with van der Waals surface area (Å²) in [5, 5.41) is 19.4. The Balaban J connectivity index is 1.50. The van der Waals surface area contributed by atoms with E-state index >= 15 is 0 Å². The van der Waals surface area contributed by atoms with E-state index in [0.29, 0.717) is 12.2 Å². The van der Waals surface area contributed by atoms with Crippen molar-refractivity contribution in [1.29, 1.82) is 0 Å². The highest BCUT2D eigenvalue weighted by Crippen LogP contribution is 2.37. The number of rotatable bonds is 8. The second-order valence-electron chi connectivity index (χ2n) is 6.32. The number of thioether (sulfide) groups is 1. The Kier molecular flexibility index (Phi) is 5.24. The molecule has 1 aromatic rings. The Labute approximate surface area is 172 Å². The number of carbonyl (C=O) groups excluding carboxylic acids is 3. The molecule has 4 rings (SSSR count). The summed E-state index contributed by atoms with van der Waals surface area (Å²) in [6.07, 6.45) is 3.56. The standard InChI is InChI=1S/C16H15N5O6S2/c22-6-17-16-18-8(5-29-16)10(20-27-7-1-2-7)12(23)19-11-13(24)21-9(15(25)26)3-4-28-14(11)21/h3,5-7,11,14H,1-2,4H2,(H,19,23)(H,25,26)(H,17,18,22)/t11-,14+/m1/s1. The third-order valence-corrected chi connectivity index (χ3v) is 6.27. The van der Waals surface area contributed by atoms with Crippen molar-refractivity contribution in [2.75, 3.05) is 11.1 Å². The number of fused-ring (bicyclic) bond motifs is 1. The number of aliphatic carboxylic acids is 1. The number of carbonyl (C=O) groups is 4. The van der Waals surface area contributed by atoms with E-state index in [4.69, 9.17) is 4.84 Å². The van der Waals surface area contributed by atoms with Crippen molar-refractivity contribution in [3.63, 3.8) is 0 Å². The highest BCUT2D eigenvalue weighted by molar-refractivity contribution is 8.00. The molecule has 0 aromatic carbocycles. The van der Waals surface area contributed by atoms with Crippen LogP contribution in [0.1, 0.15) is 18.5 Å². The van der Waals surface area contributed by atoms with Gasteiger partial charge in [-0.2, -0.15) is 0 Å². The number of oxime groups is 1. The van der Waals surface area contributed by atoms with E-state index in [-0.39, 0.29) is 28.3 Å². The van der Waals surface area contributed by atoms with Gasteiger partial charge < -0.3 is 20.6 Å². The zero-order chi connectivity index (χ0) is 20.5. The predicted octanol–water partition coefficient (Wildman–Crippen LogP) is -0.0371. The molecular weight excluding hydrogens is 422 g/mol. The van der Waals surface area contributed by atoms with E-state index in [0.717, 1.165) is 29.1 Å². The van der Waals surface area contributed by atoms with E-state index in [1.165, 1.54) is 23.2 Å². The van der Waals surface area contributed by atoms with Crippen molar-refractivity contribution in [2.45, 2.75) is 30.4 Å². The number of β-lactam (4-membered cyclic amide) rings is 1. The lowest BCUT2D eigenvalue weighted by atomic mass is 10.0. The van der Waals surface area contributed by atoms with Crippen molar-refractivity contribution in [3.8, 4) is 0 Å². The molecule has 0 unspecified atom stereocenters. The van der Waals surface area contributed by atoms with Gasteiger partial charge in [0.25, 0.3) is 11.8 Å². The number of nitrogens with one attached hydrogen (secondary N) is 2. The fourth-order valence-electron chi connectivity index (χ4n) is 2.75. The van der Waals surface area contributed by atoms with Gasteiger partial charge in [0.15, 0.2) is 10.8 Å². The SMILES string of the molecule is O=CNc1nc(C(=NOC2CC2)C(=O)N[C@@H]2C(=O)N3C(C(=O)O)=CCS[C@@H]23)cs1. The minimum absolute atomic E-state index is 0.0537. The quantitative estimate of drug-likeness (QED) is 0.222. The summed E-state index contributed by atoms with van der Waals surface area (Å²) in [5.74, 6) is -1.95. The van der Waals surface area contributed by atoms with Crippen LogP contribution in [-0.2, 0) is 24.0 Å². The van der Waals surface area contributed by atoms with Crippen molar-refractivity contribution < 1.29 is 29.1 Å². The van der Waals surface area contributed by atoms with Gasteiger partial charge in [0.1, 0.15) is 28.9 Å². The average molecular weight is 437 g/mol. The number of thiazole rings is 1. The Morgan fingerprint density at radius 3 is 2.90 bits per heavy atom. The molecular formula is C16H15N5O6S2.